The van der Waals surface area contributed by atoms with Crippen LogP contribution in [0.25, 0.3) is 44.4 Å². The highest BCUT2D eigenvalue weighted by molar-refractivity contribution is 6.30. The molecule has 0 amide bonds. The van der Waals surface area contributed by atoms with Crippen molar-refractivity contribution in [3.05, 3.63) is 112 Å². The van der Waals surface area contributed by atoms with Gasteiger partial charge in [0.15, 0.2) is 0 Å². The number of fused-ring (bicyclic) bond motifs is 1. The molecular formula is C27H20ClN3O. The molecule has 0 saturated heterocycles. The van der Waals surface area contributed by atoms with Crippen molar-refractivity contribution in [3.8, 4) is 33.5 Å². The molecule has 0 aliphatic heterocycles. The molecule has 4 nitrogen and oxygen atoms in total. The van der Waals surface area contributed by atoms with Gasteiger partial charge in [-0.1, -0.05) is 78.3 Å². The van der Waals surface area contributed by atoms with Crippen LogP contribution in [-0.4, -0.2) is 9.97 Å². The van der Waals surface area contributed by atoms with Crippen LogP contribution in [0, 0.1) is 0 Å². The Balaban J connectivity index is 1.84. The average molecular weight is 438 g/mol. The number of halogens is 1. The molecule has 0 radical (unpaired) electrons. The van der Waals surface area contributed by atoms with Crippen molar-refractivity contribution in [2.24, 2.45) is 5.73 Å². The Hall–Kier alpha value is -3.73. The van der Waals surface area contributed by atoms with E-state index in [-0.39, 0.29) is 5.56 Å². The van der Waals surface area contributed by atoms with Crippen LogP contribution >= 0.6 is 11.6 Å². The predicted octanol–water partition coefficient (Wildman–Crippen LogP) is 6.04. The van der Waals surface area contributed by atoms with Gasteiger partial charge >= 0.3 is 0 Å². The zero-order valence-electron chi connectivity index (χ0n) is 17.2. The Bertz CT molecular complexity index is 1480. The summed E-state index contributed by atoms with van der Waals surface area (Å²) in [5, 5.41) is 1.16. The van der Waals surface area contributed by atoms with Crippen molar-refractivity contribution in [2.75, 3.05) is 0 Å². The molecule has 0 unspecified atom stereocenters. The molecule has 32 heavy (non-hydrogen) atoms. The predicted molar refractivity (Wildman–Crippen MR) is 132 cm³/mol. The van der Waals surface area contributed by atoms with Crippen LogP contribution in [0.3, 0.4) is 0 Å². The largest absolute Gasteiger partial charge is 0.328 e. The molecule has 3 aromatic carbocycles. The van der Waals surface area contributed by atoms with Gasteiger partial charge in [-0.05, 0) is 34.9 Å². The molecule has 0 atom stereocenters. The quantitative estimate of drug-likeness (QED) is 0.360. The molecule has 3 N–H and O–H groups in total. The molecule has 2 aromatic heterocycles. The molecule has 2 heterocycles. The van der Waals surface area contributed by atoms with Crippen molar-refractivity contribution < 1.29 is 0 Å². The molecule has 0 saturated carbocycles. The smallest absolute Gasteiger partial charge is 0.257 e. The van der Waals surface area contributed by atoms with Crippen LogP contribution in [0.1, 0.15) is 5.56 Å². The standard InChI is InChI=1S/C27H20ClN3O/c28-21-8-4-7-20(13-21)24-16-30-27(32)23-14-22(18-5-2-1-3-6-18)25(31-26(23)24)19-11-9-17(15-29)10-12-19/h1-14,16H,15,29H2,(H,30,32). The summed E-state index contributed by atoms with van der Waals surface area (Å²) >= 11 is 6.24. The normalized spacial score (nSPS) is 11.1. The SMILES string of the molecule is NCc1ccc(-c2nc3c(-c4cccc(Cl)c4)c[nH]c(=O)c3cc2-c2ccccc2)cc1. The number of nitrogens with two attached hydrogens (primary N) is 1. The Morgan fingerprint density at radius 1 is 0.812 bits per heavy atom. The van der Waals surface area contributed by atoms with Gasteiger partial charge in [0, 0.05) is 34.5 Å². The third-order valence-electron chi connectivity index (χ3n) is 5.55. The van der Waals surface area contributed by atoms with E-state index in [0.29, 0.717) is 22.5 Å². The maximum atomic E-state index is 12.8. The number of hydrogen-bond donors (Lipinski definition) is 2. The minimum atomic E-state index is -0.180. The first kappa shape index (κ1) is 20.2. The van der Waals surface area contributed by atoms with Gasteiger partial charge < -0.3 is 10.7 Å². The summed E-state index contributed by atoms with van der Waals surface area (Å²) in [7, 11) is 0. The van der Waals surface area contributed by atoms with E-state index in [1.165, 1.54) is 0 Å². The van der Waals surface area contributed by atoms with E-state index < -0.39 is 0 Å². The summed E-state index contributed by atoms with van der Waals surface area (Å²) in [4.78, 5) is 20.7. The van der Waals surface area contributed by atoms with Gasteiger partial charge in [0.1, 0.15) is 0 Å². The fourth-order valence-corrected chi connectivity index (χ4v) is 4.10. The van der Waals surface area contributed by atoms with Crippen molar-refractivity contribution in [1.82, 2.24) is 9.97 Å². The maximum absolute atomic E-state index is 12.8. The van der Waals surface area contributed by atoms with E-state index >= 15 is 0 Å². The molecule has 156 valence electrons. The first-order chi connectivity index (χ1) is 15.6. The summed E-state index contributed by atoms with van der Waals surface area (Å²) in [6.45, 7) is 0.477. The second kappa shape index (κ2) is 8.42. The number of H-pyrrole nitrogens is 1. The van der Waals surface area contributed by atoms with E-state index in [4.69, 9.17) is 22.3 Å². The lowest BCUT2D eigenvalue weighted by Gasteiger charge is -2.14. The summed E-state index contributed by atoms with van der Waals surface area (Å²) in [6, 6.07) is 27.5. The van der Waals surface area contributed by atoms with Crippen LogP contribution < -0.4 is 11.3 Å². The summed E-state index contributed by atoms with van der Waals surface area (Å²) in [6.07, 6.45) is 1.70. The molecule has 0 spiro atoms. The van der Waals surface area contributed by atoms with Gasteiger partial charge in [-0.2, -0.15) is 0 Å². The lowest BCUT2D eigenvalue weighted by molar-refractivity contribution is 1.07. The van der Waals surface area contributed by atoms with Gasteiger partial charge in [0.05, 0.1) is 16.6 Å². The number of nitrogens with zero attached hydrogens (tertiary/aromatic N) is 1. The zero-order valence-corrected chi connectivity index (χ0v) is 17.9. The zero-order chi connectivity index (χ0) is 22.1. The summed E-state index contributed by atoms with van der Waals surface area (Å²) in [5.41, 5.74) is 12.6. The highest BCUT2D eigenvalue weighted by atomic mass is 35.5. The Labute approximate surface area is 190 Å². The second-order valence-electron chi connectivity index (χ2n) is 7.59. The summed E-state index contributed by atoms with van der Waals surface area (Å²) in [5.74, 6) is 0. The molecule has 5 heteroatoms. The molecule has 5 rings (SSSR count). The Kier molecular flexibility index (Phi) is 5.31. The van der Waals surface area contributed by atoms with Gasteiger partial charge in [0.25, 0.3) is 5.56 Å². The maximum Gasteiger partial charge on any atom is 0.257 e. The molecule has 5 aromatic rings. The number of pyridine rings is 2. The van der Waals surface area contributed by atoms with Crippen LogP contribution in [0.5, 0.6) is 0 Å². The number of benzene rings is 3. The first-order valence-corrected chi connectivity index (χ1v) is 10.7. The van der Waals surface area contributed by atoms with E-state index in [2.05, 4.69) is 4.98 Å². The van der Waals surface area contributed by atoms with Crippen molar-refractivity contribution in [2.45, 2.75) is 6.54 Å². The minimum absolute atomic E-state index is 0.180. The van der Waals surface area contributed by atoms with Crippen LogP contribution in [-0.2, 0) is 6.54 Å². The van der Waals surface area contributed by atoms with Gasteiger partial charge in [0.2, 0.25) is 0 Å². The Morgan fingerprint density at radius 3 is 2.28 bits per heavy atom. The van der Waals surface area contributed by atoms with Crippen molar-refractivity contribution in [3.63, 3.8) is 0 Å². The number of hydrogen-bond acceptors (Lipinski definition) is 3. The van der Waals surface area contributed by atoms with Gasteiger partial charge in [-0.25, -0.2) is 4.98 Å². The van der Waals surface area contributed by atoms with E-state index in [1.807, 2.05) is 84.9 Å². The lowest BCUT2D eigenvalue weighted by atomic mass is 9.95. The summed E-state index contributed by atoms with van der Waals surface area (Å²) < 4.78 is 0. The average Bonchev–Trinajstić information content (AvgIpc) is 2.84. The monoisotopic (exact) mass is 437 g/mol. The third kappa shape index (κ3) is 3.71. The molecule has 0 aliphatic rings. The number of rotatable bonds is 4. The fraction of sp³-hybridized carbons (Fsp3) is 0.0370. The van der Waals surface area contributed by atoms with Gasteiger partial charge in [-0.15, -0.1) is 0 Å². The van der Waals surface area contributed by atoms with Crippen molar-refractivity contribution >= 4 is 22.5 Å². The van der Waals surface area contributed by atoms with Crippen molar-refractivity contribution in [1.29, 1.82) is 0 Å². The van der Waals surface area contributed by atoms with E-state index in [9.17, 15) is 4.79 Å². The lowest BCUT2D eigenvalue weighted by Crippen LogP contribution is -2.08. The van der Waals surface area contributed by atoms with Crippen LogP contribution in [0.15, 0.2) is 95.9 Å². The molecule has 0 aliphatic carbocycles. The number of nitrogens with one attached hydrogen (secondary N) is 1. The second-order valence-corrected chi connectivity index (χ2v) is 8.03. The molecule has 0 bridgehead atoms. The molecular weight excluding hydrogens is 418 g/mol. The van der Waals surface area contributed by atoms with Crippen LogP contribution in [0.2, 0.25) is 5.02 Å². The molecule has 0 fully saturated rings. The van der Waals surface area contributed by atoms with Gasteiger partial charge in [-0.3, -0.25) is 4.79 Å². The van der Waals surface area contributed by atoms with E-state index in [0.717, 1.165) is 39.1 Å². The minimum Gasteiger partial charge on any atom is -0.328 e. The van der Waals surface area contributed by atoms with Crippen LogP contribution in [0.4, 0.5) is 0 Å². The highest BCUT2D eigenvalue weighted by Crippen LogP contribution is 2.35. The number of aromatic nitrogens is 2. The highest BCUT2D eigenvalue weighted by Gasteiger charge is 2.16. The fourth-order valence-electron chi connectivity index (χ4n) is 3.91. The Morgan fingerprint density at radius 2 is 1.56 bits per heavy atom. The topological polar surface area (TPSA) is 71.8 Å². The van der Waals surface area contributed by atoms with E-state index in [1.54, 1.807) is 6.20 Å². The third-order valence-corrected chi connectivity index (χ3v) is 5.79. The number of aromatic amines is 1. The first-order valence-electron chi connectivity index (χ1n) is 10.3.